The molecule has 1 N–H and O–H groups in total. The van der Waals surface area contributed by atoms with Crippen molar-refractivity contribution in [3.63, 3.8) is 0 Å². The minimum atomic E-state index is -0.522. The molecule has 108 valence electrons. The van der Waals surface area contributed by atoms with Crippen molar-refractivity contribution in [1.29, 1.82) is 5.26 Å². The van der Waals surface area contributed by atoms with E-state index < -0.39 is 6.10 Å². The van der Waals surface area contributed by atoms with Gasteiger partial charge >= 0.3 is 0 Å². The summed E-state index contributed by atoms with van der Waals surface area (Å²) in [5.41, 5.74) is 2.49. The van der Waals surface area contributed by atoms with Crippen LogP contribution in [0.3, 0.4) is 0 Å². The Morgan fingerprint density at radius 2 is 2.30 bits per heavy atom. The molecule has 20 heavy (non-hydrogen) atoms. The Hall–Kier alpha value is -1.57. The Morgan fingerprint density at radius 1 is 1.55 bits per heavy atom. The van der Waals surface area contributed by atoms with E-state index in [1.54, 1.807) is 13.0 Å². The Morgan fingerprint density at radius 3 is 2.85 bits per heavy atom. The highest BCUT2D eigenvalue weighted by Crippen LogP contribution is 2.28. The zero-order valence-corrected chi connectivity index (χ0v) is 12.5. The van der Waals surface area contributed by atoms with Crippen LogP contribution in [0.1, 0.15) is 30.6 Å². The lowest BCUT2D eigenvalue weighted by Gasteiger charge is -2.26. The molecular weight excluding hydrogens is 250 g/mol. The molecule has 1 saturated heterocycles. The molecule has 0 saturated carbocycles. The molecule has 0 amide bonds. The van der Waals surface area contributed by atoms with Crippen LogP contribution >= 0.6 is 0 Å². The zero-order chi connectivity index (χ0) is 14.7. The molecule has 0 radical (unpaired) electrons. The Balaban J connectivity index is 2.19. The topological polar surface area (TPSA) is 50.5 Å². The molecule has 2 unspecified atom stereocenters. The molecule has 1 aliphatic heterocycles. The largest absolute Gasteiger partial charge is 0.389 e. The van der Waals surface area contributed by atoms with Gasteiger partial charge in [-0.1, -0.05) is 6.07 Å². The third-order valence-corrected chi connectivity index (χ3v) is 4.04. The first-order valence-corrected chi connectivity index (χ1v) is 7.13. The molecule has 0 aliphatic carbocycles. The van der Waals surface area contributed by atoms with Crippen molar-refractivity contribution in [2.24, 2.45) is 5.92 Å². The highest BCUT2D eigenvalue weighted by atomic mass is 16.3. The van der Waals surface area contributed by atoms with E-state index in [-0.39, 0.29) is 0 Å². The molecule has 4 heteroatoms. The van der Waals surface area contributed by atoms with Gasteiger partial charge in [-0.2, -0.15) is 5.26 Å². The van der Waals surface area contributed by atoms with Crippen molar-refractivity contribution < 1.29 is 5.11 Å². The van der Waals surface area contributed by atoms with E-state index in [0.29, 0.717) is 11.5 Å². The van der Waals surface area contributed by atoms with E-state index in [9.17, 15) is 5.11 Å². The van der Waals surface area contributed by atoms with Crippen LogP contribution in [-0.4, -0.2) is 43.7 Å². The molecule has 1 aliphatic rings. The van der Waals surface area contributed by atoms with E-state index in [1.807, 2.05) is 19.2 Å². The summed E-state index contributed by atoms with van der Waals surface area (Å²) in [5, 5.41) is 19.0. The number of nitrogens with zero attached hydrogens (tertiary/aromatic N) is 3. The number of aliphatic hydroxyl groups excluding tert-OH is 1. The number of nitriles is 1. The number of hydrogen-bond donors (Lipinski definition) is 1. The molecule has 1 aromatic rings. The first-order chi connectivity index (χ1) is 9.51. The fourth-order valence-corrected chi connectivity index (χ4v) is 2.96. The molecule has 1 heterocycles. The lowest BCUT2D eigenvalue weighted by molar-refractivity contribution is 0.199. The van der Waals surface area contributed by atoms with E-state index in [4.69, 9.17) is 5.26 Å². The van der Waals surface area contributed by atoms with Crippen LogP contribution in [0.4, 0.5) is 5.69 Å². The number of benzene rings is 1. The van der Waals surface area contributed by atoms with E-state index in [0.717, 1.165) is 30.9 Å². The second-order valence-corrected chi connectivity index (χ2v) is 5.86. The highest BCUT2D eigenvalue weighted by Gasteiger charge is 2.22. The second-order valence-electron chi connectivity index (χ2n) is 5.86. The van der Waals surface area contributed by atoms with Gasteiger partial charge in [0.15, 0.2) is 0 Å². The number of rotatable bonds is 4. The summed E-state index contributed by atoms with van der Waals surface area (Å²) in [5.74, 6) is 0.651. The monoisotopic (exact) mass is 273 g/mol. The van der Waals surface area contributed by atoms with E-state index in [2.05, 4.69) is 22.9 Å². The second kappa shape index (κ2) is 6.25. The van der Waals surface area contributed by atoms with Crippen LogP contribution in [0.5, 0.6) is 0 Å². The molecule has 0 spiro atoms. The van der Waals surface area contributed by atoms with Gasteiger partial charge in [-0.3, -0.25) is 0 Å². The van der Waals surface area contributed by atoms with Crippen molar-refractivity contribution in [3.05, 3.63) is 29.3 Å². The third-order valence-electron chi connectivity index (χ3n) is 4.04. The predicted octanol–water partition coefficient (Wildman–Crippen LogP) is 2.00. The number of anilines is 1. The standard InChI is InChI=1S/C16H23N3O/c1-12(20)15-5-4-13(9-17)8-16(15)19(3)11-14-6-7-18(2)10-14/h4-5,8,12,14,20H,6-7,10-11H2,1-3H3. The molecule has 2 atom stereocenters. The molecule has 1 aromatic carbocycles. The lowest BCUT2D eigenvalue weighted by Crippen LogP contribution is -2.28. The Kier molecular flexibility index (Phi) is 4.64. The molecule has 1 fully saturated rings. The van der Waals surface area contributed by atoms with Gasteiger partial charge in [0.05, 0.1) is 17.7 Å². The summed E-state index contributed by atoms with van der Waals surface area (Å²) in [6.07, 6.45) is 0.689. The minimum Gasteiger partial charge on any atom is -0.389 e. The van der Waals surface area contributed by atoms with Gasteiger partial charge in [0.2, 0.25) is 0 Å². The summed E-state index contributed by atoms with van der Waals surface area (Å²) in [7, 11) is 4.19. The fraction of sp³-hybridized carbons (Fsp3) is 0.562. The van der Waals surface area contributed by atoms with Crippen molar-refractivity contribution in [3.8, 4) is 6.07 Å². The summed E-state index contributed by atoms with van der Waals surface area (Å²) < 4.78 is 0. The Bertz CT molecular complexity index is 507. The SMILES string of the molecule is CC(O)c1ccc(C#N)cc1N(C)CC1CCN(C)C1. The molecular formula is C16H23N3O. The van der Waals surface area contributed by atoms with Crippen LogP contribution < -0.4 is 4.90 Å². The first-order valence-electron chi connectivity index (χ1n) is 7.13. The molecule has 4 nitrogen and oxygen atoms in total. The predicted molar refractivity (Wildman–Crippen MR) is 80.7 cm³/mol. The number of likely N-dealkylation sites (tertiary alicyclic amines) is 1. The molecule has 2 rings (SSSR count). The maximum Gasteiger partial charge on any atom is 0.0992 e. The van der Waals surface area contributed by atoms with Crippen LogP contribution in [-0.2, 0) is 0 Å². The summed E-state index contributed by atoms with van der Waals surface area (Å²) in [6.45, 7) is 4.99. The molecule has 0 aromatic heterocycles. The van der Waals surface area contributed by atoms with Crippen LogP contribution in [0.15, 0.2) is 18.2 Å². The van der Waals surface area contributed by atoms with Gasteiger partial charge in [-0.05, 0) is 45.0 Å². The van der Waals surface area contributed by atoms with Crippen molar-refractivity contribution >= 4 is 5.69 Å². The summed E-state index contributed by atoms with van der Waals surface area (Å²) in [6, 6.07) is 7.67. The van der Waals surface area contributed by atoms with Crippen molar-refractivity contribution in [2.45, 2.75) is 19.4 Å². The maximum absolute atomic E-state index is 9.90. The average Bonchev–Trinajstić information content (AvgIpc) is 2.83. The zero-order valence-electron chi connectivity index (χ0n) is 12.5. The van der Waals surface area contributed by atoms with Gasteiger partial charge < -0.3 is 14.9 Å². The van der Waals surface area contributed by atoms with Crippen LogP contribution in [0.25, 0.3) is 0 Å². The average molecular weight is 273 g/mol. The number of aliphatic hydroxyl groups is 1. The van der Waals surface area contributed by atoms with Gasteiger partial charge in [0.25, 0.3) is 0 Å². The van der Waals surface area contributed by atoms with E-state index in [1.165, 1.54) is 6.42 Å². The van der Waals surface area contributed by atoms with Gasteiger partial charge in [0.1, 0.15) is 0 Å². The van der Waals surface area contributed by atoms with Crippen molar-refractivity contribution in [1.82, 2.24) is 4.90 Å². The Labute approximate surface area is 121 Å². The van der Waals surface area contributed by atoms with Gasteiger partial charge in [-0.25, -0.2) is 0 Å². The molecule has 0 bridgehead atoms. The smallest absolute Gasteiger partial charge is 0.0992 e. The van der Waals surface area contributed by atoms with Crippen molar-refractivity contribution in [2.75, 3.05) is 38.6 Å². The van der Waals surface area contributed by atoms with Crippen LogP contribution in [0.2, 0.25) is 0 Å². The fourth-order valence-electron chi connectivity index (χ4n) is 2.96. The van der Waals surface area contributed by atoms with Gasteiger partial charge in [0, 0.05) is 31.4 Å². The highest BCUT2D eigenvalue weighted by molar-refractivity contribution is 5.58. The summed E-state index contributed by atoms with van der Waals surface area (Å²) >= 11 is 0. The number of hydrogen-bond acceptors (Lipinski definition) is 4. The third kappa shape index (κ3) is 3.30. The summed E-state index contributed by atoms with van der Waals surface area (Å²) in [4.78, 5) is 4.52. The lowest BCUT2D eigenvalue weighted by atomic mass is 10.0. The first kappa shape index (κ1) is 14.8. The maximum atomic E-state index is 9.90. The quantitative estimate of drug-likeness (QED) is 0.911. The van der Waals surface area contributed by atoms with Gasteiger partial charge in [-0.15, -0.1) is 0 Å². The van der Waals surface area contributed by atoms with Crippen LogP contribution in [0, 0.1) is 17.2 Å². The minimum absolute atomic E-state index is 0.522. The van der Waals surface area contributed by atoms with E-state index >= 15 is 0 Å². The normalized spacial score (nSPS) is 20.6.